The third-order valence-corrected chi connectivity index (χ3v) is 3.27. The van der Waals surface area contributed by atoms with E-state index in [-0.39, 0.29) is 0 Å². The normalized spacial score (nSPS) is 10.8. The summed E-state index contributed by atoms with van der Waals surface area (Å²) < 4.78 is 2.04. The lowest BCUT2D eigenvalue weighted by atomic mass is 10.1. The molecular formula is C16H17N3. The minimum atomic E-state index is 0.742. The third-order valence-electron chi connectivity index (χ3n) is 3.27. The van der Waals surface area contributed by atoms with Gasteiger partial charge >= 0.3 is 0 Å². The molecule has 0 bridgehead atoms. The number of rotatable bonds is 3. The highest BCUT2D eigenvalue weighted by molar-refractivity contribution is 5.52. The fourth-order valence-electron chi connectivity index (χ4n) is 2.18. The van der Waals surface area contributed by atoms with Crippen molar-refractivity contribution in [3.8, 4) is 0 Å². The van der Waals surface area contributed by atoms with Crippen molar-refractivity contribution in [1.82, 2.24) is 9.38 Å². The van der Waals surface area contributed by atoms with Gasteiger partial charge in [0.2, 0.25) is 0 Å². The van der Waals surface area contributed by atoms with Gasteiger partial charge in [0.05, 0.1) is 12.2 Å². The summed E-state index contributed by atoms with van der Waals surface area (Å²) in [7, 11) is 0. The van der Waals surface area contributed by atoms with Gasteiger partial charge in [-0.2, -0.15) is 0 Å². The molecular weight excluding hydrogens is 234 g/mol. The lowest BCUT2D eigenvalue weighted by molar-refractivity contribution is 1.07. The van der Waals surface area contributed by atoms with Crippen molar-refractivity contribution in [2.75, 3.05) is 5.32 Å². The van der Waals surface area contributed by atoms with E-state index in [1.54, 1.807) is 0 Å². The van der Waals surface area contributed by atoms with Gasteiger partial charge in [-0.15, -0.1) is 0 Å². The topological polar surface area (TPSA) is 29.3 Å². The van der Waals surface area contributed by atoms with Crippen molar-refractivity contribution < 1.29 is 0 Å². The molecule has 0 aliphatic carbocycles. The largest absolute Gasteiger partial charge is 0.379 e. The Hall–Kier alpha value is -2.29. The Morgan fingerprint density at radius 3 is 2.89 bits per heavy atom. The molecule has 0 aliphatic rings. The average molecular weight is 251 g/mol. The summed E-state index contributed by atoms with van der Waals surface area (Å²) in [6, 6.07) is 12.5. The van der Waals surface area contributed by atoms with Crippen LogP contribution in [0.5, 0.6) is 0 Å². The summed E-state index contributed by atoms with van der Waals surface area (Å²) in [4.78, 5) is 4.58. The number of anilines is 1. The van der Waals surface area contributed by atoms with Crippen LogP contribution in [0.15, 0.2) is 48.8 Å². The fourth-order valence-corrected chi connectivity index (χ4v) is 2.18. The van der Waals surface area contributed by atoms with Gasteiger partial charge in [-0.05, 0) is 43.2 Å². The molecule has 0 amide bonds. The van der Waals surface area contributed by atoms with Gasteiger partial charge in [0.25, 0.3) is 0 Å². The minimum Gasteiger partial charge on any atom is -0.379 e. The maximum atomic E-state index is 4.58. The highest BCUT2D eigenvalue weighted by Crippen LogP contribution is 2.17. The van der Waals surface area contributed by atoms with Crippen molar-refractivity contribution in [2.24, 2.45) is 0 Å². The number of hydrogen-bond acceptors (Lipinski definition) is 2. The van der Waals surface area contributed by atoms with Crippen LogP contribution in [-0.2, 0) is 6.54 Å². The van der Waals surface area contributed by atoms with Crippen LogP contribution in [-0.4, -0.2) is 9.38 Å². The third kappa shape index (κ3) is 2.45. The first-order chi connectivity index (χ1) is 9.22. The van der Waals surface area contributed by atoms with Crippen LogP contribution < -0.4 is 5.32 Å². The molecule has 1 N–H and O–H groups in total. The zero-order valence-electron chi connectivity index (χ0n) is 11.2. The number of benzene rings is 1. The summed E-state index contributed by atoms with van der Waals surface area (Å²) >= 11 is 0. The van der Waals surface area contributed by atoms with Crippen LogP contribution in [0.3, 0.4) is 0 Å². The predicted octanol–water partition coefficient (Wildman–Crippen LogP) is 3.56. The molecule has 0 unspecified atom stereocenters. The molecule has 0 aliphatic heterocycles. The molecule has 2 heterocycles. The van der Waals surface area contributed by atoms with E-state index in [9.17, 15) is 0 Å². The fraction of sp³-hybridized carbons (Fsp3) is 0.188. The summed E-state index contributed by atoms with van der Waals surface area (Å²) in [5, 5.41) is 3.46. The van der Waals surface area contributed by atoms with Crippen LogP contribution in [0.25, 0.3) is 5.65 Å². The van der Waals surface area contributed by atoms with E-state index < -0.39 is 0 Å². The molecule has 0 spiro atoms. The number of hydrogen-bond donors (Lipinski definition) is 1. The zero-order chi connectivity index (χ0) is 13.2. The summed E-state index contributed by atoms with van der Waals surface area (Å²) in [5.74, 6) is 0. The molecule has 0 saturated carbocycles. The molecule has 19 heavy (non-hydrogen) atoms. The molecule has 0 atom stereocenters. The van der Waals surface area contributed by atoms with Crippen molar-refractivity contribution in [3.05, 3.63) is 65.6 Å². The average Bonchev–Trinajstić information content (AvgIpc) is 2.82. The number of imidazole rings is 1. The first-order valence-electron chi connectivity index (χ1n) is 6.46. The Balaban J connectivity index is 1.80. The molecule has 3 rings (SSSR count). The Morgan fingerprint density at radius 2 is 2.05 bits per heavy atom. The van der Waals surface area contributed by atoms with Crippen molar-refractivity contribution in [2.45, 2.75) is 20.4 Å². The van der Waals surface area contributed by atoms with E-state index in [2.05, 4.69) is 48.5 Å². The number of aryl methyl sites for hydroxylation is 2. The van der Waals surface area contributed by atoms with E-state index in [0.29, 0.717) is 0 Å². The van der Waals surface area contributed by atoms with Crippen molar-refractivity contribution in [3.63, 3.8) is 0 Å². The molecule has 1 aromatic carbocycles. The SMILES string of the molecule is Cc1ccc(C)c(NCc2cn3ccccc3n2)c1. The molecule has 2 aromatic heterocycles. The second-order valence-electron chi connectivity index (χ2n) is 4.87. The predicted molar refractivity (Wildman–Crippen MR) is 78.4 cm³/mol. The molecule has 0 saturated heterocycles. The van der Waals surface area contributed by atoms with Gasteiger partial charge in [0.1, 0.15) is 5.65 Å². The van der Waals surface area contributed by atoms with Crippen LogP contribution in [0, 0.1) is 13.8 Å². The van der Waals surface area contributed by atoms with Gasteiger partial charge < -0.3 is 9.72 Å². The second kappa shape index (κ2) is 4.76. The first-order valence-corrected chi connectivity index (χ1v) is 6.46. The second-order valence-corrected chi connectivity index (χ2v) is 4.87. The highest BCUT2D eigenvalue weighted by atomic mass is 15.0. The van der Waals surface area contributed by atoms with Gasteiger partial charge in [0, 0.05) is 18.1 Å². The Labute approximate surface area is 112 Å². The lowest BCUT2D eigenvalue weighted by Gasteiger charge is -2.08. The number of nitrogens with zero attached hydrogens (tertiary/aromatic N) is 2. The standard InChI is InChI=1S/C16H17N3/c1-12-6-7-13(2)15(9-12)17-10-14-11-19-8-4-3-5-16(19)18-14/h3-9,11,17H,10H2,1-2H3. The number of fused-ring (bicyclic) bond motifs is 1. The first kappa shape index (κ1) is 11.8. The van der Waals surface area contributed by atoms with Crippen LogP contribution in [0.4, 0.5) is 5.69 Å². The van der Waals surface area contributed by atoms with Gasteiger partial charge in [-0.1, -0.05) is 18.2 Å². The van der Waals surface area contributed by atoms with Crippen LogP contribution in [0.1, 0.15) is 16.8 Å². The van der Waals surface area contributed by atoms with Crippen molar-refractivity contribution in [1.29, 1.82) is 0 Å². The Bertz CT molecular complexity index is 680. The summed E-state index contributed by atoms with van der Waals surface area (Å²) in [6.07, 6.45) is 4.08. The molecule has 3 aromatic rings. The number of pyridine rings is 1. The van der Waals surface area contributed by atoms with E-state index in [0.717, 1.165) is 17.9 Å². The Kier molecular flexibility index (Phi) is 2.95. The van der Waals surface area contributed by atoms with E-state index in [1.807, 2.05) is 28.8 Å². The summed E-state index contributed by atoms with van der Waals surface area (Å²) in [6.45, 7) is 4.97. The summed E-state index contributed by atoms with van der Waals surface area (Å²) in [5.41, 5.74) is 5.74. The van der Waals surface area contributed by atoms with E-state index >= 15 is 0 Å². The smallest absolute Gasteiger partial charge is 0.137 e. The zero-order valence-corrected chi connectivity index (χ0v) is 11.2. The van der Waals surface area contributed by atoms with Crippen molar-refractivity contribution >= 4 is 11.3 Å². The molecule has 0 radical (unpaired) electrons. The number of aromatic nitrogens is 2. The maximum Gasteiger partial charge on any atom is 0.137 e. The van der Waals surface area contributed by atoms with Crippen LogP contribution >= 0.6 is 0 Å². The van der Waals surface area contributed by atoms with E-state index in [1.165, 1.54) is 16.8 Å². The van der Waals surface area contributed by atoms with Gasteiger partial charge in [0.15, 0.2) is 0 Å². The molecule has 3 nitrogen and oxygen atoms in total. The van der Waals surface area contributed by atoms with E-state index in [4.69, 9.17) is 0 Å². The minimum absolute atomic E-state index is 0.742. The Morgan fingerprint density at radius 1 is 1.16 bits per heavy atom. The highest BCUT2D eigenvalue weighted by Gasteiger charge is 2.02. The maximum absolute atomic E-state index is 4.58. The molecule has 96 valence electrons. The number of nitrogens with one attached hydrogen (secondary N) is 1. The monoisotopic (exact) mass is 251 g/mol. The quantitative estimate of drug-likeness (QED) is 0.771. The van der Waals surface area contributed by atoms with Gasteiger partial charge in [-0.25, -0.2) is 4.98 Å². The lowest BCUT2D eigenvalue weighted by Crippen LogP contribution is -2.01. The molecule has 0 fully saturated rings. The van der Waals surface area contributed by atoms with Crippen LogP contribution in [0.2, 0.25) is 0 Å². The molecule has 3 heteroatoms. The van der Waals surface area contributed by atoms with Gasteiger partial charge in [-0.3, -0.25) is 0 Å².